The van der Waals surface area contributed by atoms with Gasteiger partial charge in [-0.2, -0.15) is 0 Å². The molecule has 0 saturated heterocycles. The molecule has 0 N–H and O–H groups in total. The summed E-state index contributed by atoms with van der Waals surface area (Å²) >= 11 is 0. The van der Waals surface area contributed by atoms with Crippen molar-refractivity contribution in [1.82, 2.24) is 0 Å². The number of rotatable bonds is 4. The van der Waals surface area contributed by atoms with Crippen LogP contribution in [0.1, 0.15) is 47.9 Å². The first-order valence-electron chi connectivity index (χ1n) is 17.7. The van der Waals surface area contributed by atoms with E-state index in [-0.39, 0.29) is 10.8 Å². The maximum absolute atomic E-state index is 2.53. The van der Waals surface area contributed by atoms with E-state index in [1.165, 1.54) is 72.7 Å². The SMILES string of the molecule is c1ccc(-c2ccc3c(c2)C2(CCC4(CC2)c2ccccc2-c2ccc(N(c5ccccc5)c5ccccc5)cc24)c2ccccc2-3)cc1. The molecule has 10 rings (SSSR count). The lowest BCUT2D eigenvalue weighted by molar-refractivity contribution is 0.265. The molecule has 0 unspecified atom stereocenters. The Morgan fingerprint density at radius 3 is 1.29 bits per heavy atom. The van der Waals surface area contributed by atoms with Gasteiger partial charge >= 0.3 is 0 Å². The highest BCUT2D eigenvalue weighted by molar-refractivity contribution is 5.87. The third-order valence-corrected chi connectivity index (χ3v) is 11.9. The van der Waals surface area contributed by atoms with E-state index in [1.54, 1.807) is 0 Å². The maximum atomic E-state index is 2.53. The summed E-state index contributed by atoms with van der Waals surface area (Å²) in [5.74, 6) is 0. The van der Waals surface area contributed by atoms with Crippen molar-refractivity contribution in [1.29, 1.82) is 0 Å². The second-order valence-corrected chi connectivity index (χ2v) is 14.1. The van der Waals surface area contributed by atoms with Crippen LogP contribution < -0.4 is 4.90 Å². The van der Waals surface area contributed by atoms with Gasteiger partial charge in [0.2, 0.25) is 0 Å². The van der Waals surface area contributed by atoms with Crippen LogP contribution in [0.15, 0.2) is 176 Å². The van der Waals surface area contributed by atoms with E-state index < -0.39 is 0 Å². The Kier molecular flexibility index (Phi) is 6.33. The van der Waals surface area contributed by atoms with Gasteiger partial charge in [-0.1, -0.05) is 133 Å². The highest BCUT2D eigenvalue weighted by Crippen LogP contribution is 2.64. The molecule has 1 saturated carbocycles. The quantitative estimate of drug-likeness (QED) is 0.188. The molecule has 234 valence electrons. The van der Waals surface area contributed by atoms with E-state index in [0.717, 1.165) is 25.7 Å². The number of benzene rings is 7. The molecule has 3 aliphatic carbocycles. The first-order chi connectivity index (χ1) is 24.3. The highest BCUT2D eigenvalue weighted by Gasteiger charge is 2.53. The topological polar surface area (TPSA) is 3.24 Å². The summed E-state index contributed by atoms with van der Waals surface area (Å²) in [5.41, 5.74) is 17.8. The van der Waals surface area contributed by atoms with E-state index in [0.29, 0.717) is 0 Å². The molecular weight excluding hydrogens is 591 g/mol. The molecule has 0 radical (unpaired) electrons. The summed E-state index contributed by atoms with van der Waals surface area (Å²) in [7, 11) is 0. The first-order valence-corrected chi connectivity index (χ1v) is 17.7. The van der Waals surface area contributed by atoms with Crippen molar-refractivity contribution in [2.24, 2.45) is 0 Å². The Balaban J connectivity index is 1.11. The normalized spacial score (nSPS) is 19.7. The van der Waals surface area contributed by atoms with Crippen LogP contribution in [0.25, 0.3) is 33.4 Å². The Morgan fingerprint density at radius 2 is 0.735 bits per heavy atom. The molecule has 0 aliphatic heterocycles. The lowest BCUT2D eigenvalue weighted by Crippen LogP contribution is -2.39. The molecule has 7 aromatic rings. The molecule has 0 amide bonds. The number of hydrogen-bond acceptors (Lipinski definition) is 1. The Morgan fingerprint density at radius 1 is 0.306 bits per heavy atom. The minimum atomic E-state index is -0.0268. The van der Waals surface area contributed by atoms with Crippen LogP contribution in [-0.4, -0.2) is 0 Å². The Hall–Kier alpha value is -5.66. The smallest absolute Gasteiger partial charge is 0.0465 e. The molecule has 7 aromatic carbocycles. The van der Waals surface area contributed by atoms with Crippen LogP contribution in [0.5, 0.6) is 0 Å². The lowest BCUT2D eigenvalue weighted by atomic mass is 9.57. The summed E-state index contributed by atoms with van der Waals surface area (Å²) in [6.07, 6.45) is 4.46. The van der Waals surface area contributed by atoms with E-state index >= 15 is 0 Å². The number of hydrogen-bond donors (Lipinski definition) is 0. The minimum absolute atomic E-state index is 0.0113. The lowest BCUT2D eigenvalue weighted by Gasteiger charge is -2.46. The fraction of sp³-hybridized carbons (Fsp3) is 0.125. The molecule has 0 heterocycles. The molecule has 0 atom stereocenters. The van der Waals surface area contributed by atoms with Gasteiger partial charge < -0.3 is 4.90 Å². The predicted octanol–water partition coefficient (Wildman–Crippen LogP) is 12.6. The van der Waals surface area contributed by atoms with E-state index in [9.17, 15) is 0 Å². The van der Waals surface area contributed by atoms with Gasteiger partial charge in [0.1, 0.15) is 0 Å². The Bertz CT molecular complexity index is 2290. The second kappa shape index (κ2) is 10.9. The summed E-state index contributed by atoms with van der Waals surface area (Å²) < 4.78 is 0. The Labute approximate surface area is 289 Å². The van der Waals surface area contributed by atoms with Gasteiger partial charge in [-0.25, -0.2) is 0 Å². The van der Waals surface area contributed by atoms with Gasteiger partial charge in [-0.05, 0) is 124 Å². The maximum Gasteiger partial charge on any atom is 0.0465 e. The largest absolute Gasteiger partial charge is 0.310 e. The molecular formula is C48H37N. The van der Waals surface area contributed by atoms with Crippen molar-refractivity contribution >= 4 is 17.1 Å². The average molecular weight is 628 g/mol. The molecule has 2 spiro atoms. The average Bonchev–Trinajstić information content (AvgIpc) is 3.60. The monoisotopic (exact) mass is 627 g/mol. The van der Waals surface area contributed by atoms with Crippen molar-refractivity contribution in [3.05, 3.63) is 198 Å². The molecule has 0 bridgehead atoms. The third kappa shape index (κ3) is 4.18. The van der Waals surface area contributed by atoms with Gasteiger partial charge in [-0.3, -0.25) is 0 Å². The number of fused-ring (bicyclic) bond motifs is 10. The molecule has 49 heavy (non-hydrogen) atoms. The number of para-hydroxylation sites is 2. The van der Waals surface area contributed by atoms with E-state index in [4.69, 9.17) is 0 Å². The van der Waals surface area contributed by atoms with Crippen molar-refractivity contribution in [3.63, 3.8) is 0 Å². The summed E-state index contributed by atoms with van der Waals surface area (Å²) in [6.45, 7) is 0. The van der Waals surface area contributed by atoms with Gasteiger partial charge in [0.25, 0.3) is 0 Å². The zero-order valence-electron chi connectivity index (χ0n) is 27.5. The van der Waals surface area contributed by atoms with Crippen LogP contribution in [-0.2, 0) is 10.8 Å². The van der Waals surface area contributed by atoms with Crippen molar-refractivity contribution in [2.45, 2.75) is 36.5 Å². The van der Waals surface area contributed by atoms with Crippen LogP contribution in [0.3, 0.4) is 0 Å². The molecule has 0 aromatic heterocycles. The minimum Gasteiger partial charge on any atom is -0.310 e. The number of anilines is 3. The fourth-order valence-corrected chi connectivity index (χ4v) is 9.63. The first kappa shape index (κ1) is 28.4. The van der Waals surface area contributed by atoms with Crippen LogP contribution >= 0.6 is 0 Å². The third-order valence-electron chi connectivity index (χ3n) is 11.9. The fourth-order valence-electron chi connectivity index (χ4n) is 9.63. The molecule has 1 heteroatoms. The van der Waals surface area contributed by atoms with Gasteiger partial charge in [0, 0.05) is 27.9 Å². The second-order valence-electron chi connectivity index (χ2n) is 14.1. The van der Waals surface area contributed by atoms with Crippen LogP contribution in [0.2, 0.25) is 0 Å². The zero-order chi connectivity index (χ0) is 32.4. The highest BCUT2D eigenvalue weighted by atomic mass is 15.1. The van der Waals surface area contributed by atoms with Crippen LogP contribution in [0.4, 0.5) is 17.1 Å². The zero-order valence-corrected chi connectivity index (χ0v) is 27.5. The summed E-state index contributed by atoms with van der Waals surface area (Å²) in [5, 5.41) is 0. The van der Waals surface area contributed by atoms with Gasteiger partial charge in [0.05, 0.1) is 0 Å². The summed E-state index contributed by atoms with van der Waals surface area (Å²) in [6, 6.07) is 65.5. The van der Waals surface area contributed by atoms with Crippen molar-refractivity contribution in [2.75, 3.05) is 4.90 Å². The van der Waals surface area contributed by atoms with Gasteiger partial charge in [-0.15, -0.1) is 0 Å². The molecule has 1 fully saturated rings. The van der Waals surface area contributed by atoms with E-state index in [2.05, 4.69) is 181 Å². The van der Waals surface area contributed by atoms with Crippen LogP contribution in [0, 0.1) is 0 Å². The molecule has 3 aliphatic rings. The summed E-state index contributed by atoms with van der Waals surface area (Å²) in [4.78, 5) is 2.41. The predicted molar refractivity (Wildman–Crippen MR) is 204 cm³/mol. The number of nitrogens with zero attached hydrogens (tertiary/aromatic N) is 1. The van der Waals surface area contributed by atoms with E-state index in [1.807, 2.05) is 0 Å². The molecule has 1 nitrogen and oxygen atoms in total. The van der Waals surface area contributed by atoms with Gasteiger partial charge in [0.15, 0.2) is 0 Å². The van der Waals surface area contributed by atoms with Crippen molar-refractivity contribution in [3.8, 4) is 33.4 Å². The standard InChI is InChI=1S/C48H37N/c1-4-14-34(15-5-1)35-24-26-41-39-20-10-12-22-43(39)47(45(41)32-35)28-30-48(31-29-47)44-23-13-11-21-40(44)42-27-25-38(33-46(42)48)49(36-16-6-2-7-17-36)37-18-8-3-9-19-37/h1-27,32-33H,28-31H2. The van der Waals surface area contributed by atoms with Crippen molar-refractivity contribution < 1.29 is 0 Å².